The van der Waals surface area contributed by atoms with Crippen LogP contribution in [0.1, 0.15) is 5.56 Å². The van der Waals surface area contributed by atoms with E-state index < -0.39 is 5.54 Å². The molecule has 2 N–H and O–H groups in total. The van der Waals surface area contributed by atoms with Gasteiger partial charge in [-0.3, -0.25) is 0 Å². The van der Waals surface area contributed by atoms with E-state index in [-0.39, 0.29) is 11.4 Å². The van der Waals surface area contributed by atoms with Gasteiger partial charge in [-0.25, -0.2) is 4.99 Å². The first-order valence-electron chi connectivity index (χ1n) is 6.04. The van der Waals surface area contributed by atoms with Gasteiger partial charge in [-0.05, 0) is 6.07 Å². The van der Waals surface area contributed by atoms with Crippen LogP contribution in [0.25, 0.3) is 0 Å². The van der Waals surface area contributed by atoms with Gasteiger partial charge < -0.3 is 19.9 Å². The molecule has 3 aliphatic heterocycles. The second-order valence-corrected chi connectivity index (χ2v) is 5.16. The average Bonchev–Trinajstić information content (AvgIpc) is 2.72. The van der Waals surface area contributed by atoms with Crippen molar-refractivity contribution in [3.63, 3.8) is 0 Å². The maximum Gasteiger partial charge on any atom is 0.283 e. The molecular weight excluding hydrogens is 232 g/mol. The molecule has 1 unspecified atom stereocenters. The molecule has 1 aromatic rings. The summed E-state index contributed by atoms with van der Waals surface area (Å²) in [5, 5.41) is 0. The van der Waals surface area contributed by atoms with Crippen LogP contribution < -0.4 is 10.5 Å². The van der Waals surface area contributed by atoms with Gasteiger partial charge in [-0.1, -0.05) is 18.2 Å². The molecule has 0 saturated carbocycles. The molecule has 1 aromatic carbocycles. The van der Waals surface area contributed by atoms with E-state index in [1.807, 2.05) is 24.3 Å². The fraction of sp³-hybridized carbons (Fsp3) is 0.462. The molecule has 94 valence electrons. The van der Waals surface area contributed by atoms with E-state index in [1.165, 1.54) is 0 Å². The highest BCUT2D eigenvalue weighted by Gasteiger charge is 2.63. The molecule has 1 saturated heterocycles. The zero-order chi connectivity index (χ0) is 12.2. The lowest BCUT2D eigenvalue weighted by atomic mass is 9.64. The summed E-state index contributed by atoms with van der Waals surface area (Å²) in [6.45, 7) is 2.36. The van der Waals surface area contributed by atoms with Crippen LogP contribution in [0.2, 0.25) is 0 Å². The van der Waals surface area contributed by atoms with E-state index in [1.54, 1.807) is 0 Å². The van der Waals surface area contributed by atoms with Crippen molar-refractivity contribution in [2.75, 3.05) is 26.4 Å². The lowest BCUT2D eigenvalue weighted by molar-refractivity contribution is -0.184. The second-order valence-electron chi connectivity index (χ2n) is 5.16. The summed E-state index contributed by atoms with van der Waals surface area (Å²) in [5.41, 5.74) is 6.22. The molecule has 5 heteroatoms. The van der Waals surface area contributed by atoms with Crippen LogP contribution in [0.3, 0.4) is 0 Å². The van der Waals surface area contributed by atoms with Crippen molar-refractivity contribution in [1.29, 1.82) is 0 Å². The number of hydrogen-bond donors (Lipinski definition) is 1. The molecule has 3 heterocycles. The minimum atomic E-state index is -0.440. The lowest BCUT2D eigenvalue weighted by Crippen LogP contribution is -2.63. The van der Waals surface area contributed by atoms with Crippen LogP contribution >= 0.6 is 0 Å². The van der Waals surface area contributed by atoms with Gasteiger partial charge in [-0.15, -0.1) is 0 Å². The highest BCUT2D eigenvalue weighted by Crippen LogP contribution is 2.55. The predicted molar refractivity (Wildman–Crippen MR) is 64.4 cm³/mol. The van der Waals surface area contributed by atoms with E-state index in [4.69, 9.17) is 19.9 Å². The first-order chi connectivity index (χ1) is 8.76. The van der Waals surface area contributed by atoms with Gasteiger partial charge in [0.2, 0.25) is 0 Å². The zero-order valence-corrected chi connectivity index (χ0v) is 9.89. The van der Waals surface area contributed by atoms with Gasteiger partial charge in [0.1, 0.15) is 24.5 Å². The van der Waals surface area contributed by atoms with Crippen LogP contribution in [0.5, 0.6) is 5.75 Å². The normalized spacial score (nSPS) is 31.2. The SMILES string of the molecule is NC1=NC2(CO1)c1ccccc1OCC21COC1. The highest BCUT2D eigenvalue weighted by molar-refractivity contribution is 5.75. The Morgan fingerprint density at radius 3 is 2.56 bits per heavy atom. The number of amidine groups is 1. The summed E-state index contributed by atoms with van der Waals surface area (Å²) >= 11 is 0. The van der Waals surface area contributed by atoms with Crippen LogP contribution in [0, 0.1) is 5.41 Å². The molecule has 0 radical (unpaired) electrons. The Bertz CT molecular complexity index is 539. The molecule has 0 amide bonds. The largest absolute Gasteiger partial charge is 0.492 e. The van der Waals surface area contributed by atoms with Crippen LogP contribution in [0.15, 0.2) is 29.3 Å². The number of nitrogens with zero attached hydrogens (tertiary/aromatic N) is 1. The molecule has 18 heavy (non-hydrogen) atoms. The van der Waals surface area contributed by atoms with Gasteiger partial charge in [-0.2, -0.15) is 0 Å². The van der Waals surface area contributed by atoms with Gasteiger partial charge in [0.25, 0.3) is 6.02 Å². The second kappa shape index (κ2) is 3.17. The zero-order valence-electron chi connectivity index (χ0n) is 9.89. The Balaban J connectivity index is 1.94. The van der Waals surface area contributed by atoms with E-state index in [0.29, 0.717) is 26.4 Å². The lowest BCUT2D eigenvalue weighted by Gasteiger charge is -2.53. The standard InChI is InChI=1S/C13H14N2O3/c14-11-15-13(8-18-11)9-3-1-2-4-10(9)17-7-12(13)5-16-6-12/h1-4H,5-8H2,(H2,14,15). The number of ether oxygens (including phenoxy) is 3. The third kappa shape index (κ3) is 1.03. The Kier molecular flexibility index (Phi) is 1.80. The van der Waals surface area contributed by atoms with Crippen LogP contribution in [-0.4, -0.2) is 32.4 Å². The molecule has 3 aliphatic rings. The van der Waals surface area contributed by atoms with Crippen molar-refractivity contribution in [3.8, 4) is 5.75 Å². The third-order valence-corrected chi connectivity index (χ3v) is 4.20. The minimum absolute atomic E-state index is 0.136. The molecule has 5 nitrogen and oxygen atoms in total. The summed E-state index contributed by atoms with van der Waals surface area (Å²) < 4.78 is 16.7. The number of benzene rings is 1. The van der Waals surface area contributed by atoms with Crippen molar-refractivity contribution in [2.24, 2.45) is 16.1 Å². The van der Waals surface area contributed by atoms with Gasteiger partial charge in [0.05, 0.1) is 18.6 Å². The first-order valence-corrected chi connectivity index (χ1v) is 6.04. The summed E-state index contributed by atoms with van der Waals surface area (Å²) in [5.74, 6) is 0.872. The summed E-state index contributed by atoms with van der Waals surface area (Å²) in [4.78, 5) is 4.61. The Morgan fingerprint density at radius 2 is 1.89 bits per heavy atom. The molecule has 0 aliphatic carbocycles. The van der Waals surface area contributed by atoms with Gasteiger partial charge >= 0.3 is 0 Å². The van der Waals surface area contributed by atoms with Crippen LogP contribution in [-0.2, 0) is 15.0 Å². The fourth-order valence-corrected chi connectivity index (χ4v) is 3.07. The molecule has 4 rings (SSSR count). The average molecular weight is 246 g/mol. The van der Waals surface area contributed by atoms with E-state index in [0.717, 1.165) is 11.3 Å². The topological polar surface area (TPSA) is 66.1 Å². The predicted octanol–water partition coefficient (Wildman–Crippen LogP) is 0.636. The van der Waals surface area contributed by atoms with Crippen molar-refractivity contribution >= 4 is 6.02 Å². The highest BCUT2D eigenvalue weighted by atomic mass is 16.5. The molecule has 1 fully saturated rings. The molecule has 0 bridgehead atoms. The van der Waals surface area contributed by atoms with E-state index in [2.05, 4.69) is 4.99 Å². The van der Waals surface area contributed by atoms with E-state index >= 15 is 0 Å². The number of aliphatic imine (C=N–C) groups is 1. The number of nitrogens with two attached hydrogens (primary N) is 1. The molecular formula is C13H14N2O3. The molecule has 0 aromatic heterocycles. The summed E-state index contributed by atoms with van der Waals surface area (Å²) in [6, 6.07) is 8.23. The Morgan fingerprint density at radius 1 is 1.06 bits per heavy atom. The third-order valence-electron chi connectivity index (χ3n) is 4.20. The van der Waals surface area contributed by atoms with Crippen molar-refractivity contribution in [2.45, 2.75) is 5.54 Å². The number of para-hydroxylation sites is 1. The number of rotatable bonds is 0. The Hall–Kier alpha value is -1.75. The van der Waals surface area contributed by atoms with Crippen LogP contribution in [0.4, 0.5) is 0 Å². The number of hydrogen-bond acceptors (Lipinski definition) is 5. The smallest absolute Gasteiger partial charge is 0.283 e. The quantitative estimate of drug-likeness (QED) is 0.729. The van der Waals surface area contributed by atoms with Gasteiger partial charge in [0, 0.05) is 5.56 Å². The summed E-state index contributed by atoms with van der Waals surface area (Å²) in [7, 11) is 0. The maximum atomic E-state index is 5.86. The first kappa shape index (κ1) is 10.2. The summed E-state index contributed by atoms with van der Waals surface area (Å²) in [6.07, 6.45) is 0. The fourth-order valence-electron chi connectivity index (χ4n) is 3.07. The van der Waals surface area contributed by atoms with Crippen molar-refractivity contribution in [3.05, 3.63) is 29.8 Å². The van der Waals surface area contributed by atoms with E-state index in [9.17, 15) is 0 Å². The Labute approximate surface area is 105 Å². The van der Waals surface area contributed by atoms with Crippen molar-refractivity contribution in [1.82, 2.24) is 0 Å². The molecule has 2 spiro atoms. The molecule has 1 atom stereocenters. The number of fused-ring (bicyclic) bond motifs is 3. The monoisotopic (exact) mass is 246 g/mol. The minimum Gasteiger partial charge on any atom is -0.492 e. The van der Waals surface area contributed by atoms with Gasteiger partial charge in [0.15, 0.2) is 0 Å². The maximum absolute atomic E-state index is 5.86. The van der Waals surface area contributed by atoms with Crippen molar-refractivity contribution < 1.29 is 14.2 Å².